The van der Waals surface area contributed by atoms with Crippen molar-refractivity contribution < 1.29 is 9.18 Å². The summed E-state index contributed by atoms with van der Waals surface area (Å²) in [6.07, 6.45) is 1.74. The summed E-state index contributed by atoms with van der Waals surface area (Å²) in [5, 5.41) is 5.53. The van der Waals surface area contributed by atoms with Crippen molar-refractivity contribution >= 4 is 23.0 Å². The Morgan fingerprint density at radius 2 is 1.96 bits per heavy atom. The number of allylic oxidation sites excluding steroid dienone is 1. The molecule has 0 aliphatic heterocycles. The van der Waals surface area contributed by atoms with Gasteiger partial charge in [0.25, 0.3) is 5.91 Å². The lowest BCUT2D eigenvalue weighted by atomic mass is 10.0. The van der Waals surface area contributed by atoms with E-state index in [1.54, 1.807) is 24.4 Å². The molecule has 0 aliphatic rings. The fourth-order valence-corrected chi connectivity index (χ4v) is 2.12. The van der Waals surface area contributed by atoms with Crippen LogP contribution in [0, 0.1) is 0 Å². The highest BCUT2D eigenvalue weighted by Gasteiger charge is 2.08. The number of halogens is 1. The Kier molecular flexibility index (Phi) is 7.62. The fraction of sp³-hybridized carbons (Fsp3) is 0.263. The van der Waals surface area contributed by atoms with Gasteiger partial charge in [-0.1, -0.05) is 32.6 Å². The standard InChI is InChI=1S/C17H18FN3O.C2H6/c1-11(2)15-8-13(10-20-17(15)19-3)12-5-4-6-14(7-12)21-16(22)9-18;1-2/h4-8,10H,1,9H2,2-3H3,(H,19,20)(H,21,22);1-2H3. The maximum atomic E-state index is 12.3. The number of aromatic nitrogens is 1. The molecule has 2 N–H and O–H groups in total. The average molecular weight is 329 g/mol. The van der Waals surface area contributed by atoms with Gasteiger partial charge in [-0.3, -0.25) is 4.79 Å². The van der Waals surface area contributed by atoms with Crippen LogP contribution in [-0.4, -0.2) is 24.6 Å². The van der Waals surface area contributed by atoms with Gasteiger partial charge in [0.15, 0.2) is 6.67 Å². The first-order valence-corrected chi connectivity index (χ1v) is 7.85. The third-order valence-electron chi connectivity index (χ3n) is 3.19. The summed E-state index contributed by atoms with van der Waals surface area (Å²) in [6.45, 7) is 8.84. The number of anilines is 2. The van der Waals surface area contributed by atoms with Gasteiger partial charge in [0.05, 0.1) is 0 Å². The van der Waals surface area contributed by atoms with E-state index >= 15 is 0 Å². The molecule has 0 saturated heterocycles. The number of carbonyl (C=O) groups excluding carboxylic acids is 1. The molecule has 24 heavy (non-hydrogen) atoms. The Hall–Kier alpha value is -2.69. The van der Waals surface area contributed by atoms with Gasteiger partial charge in [0, 0.05) is 30.1 Å². The number of nitrogens with zero attached hydrogens (tertiary/aromatic N) is 1. The molecule has 5 heteroatoms. The van der Waals surface area contributed by atoms with Gasteiger partial charge in [-0.25, -0.2) is 9.37 Å². The lowest BCUT2D eigenvalue weighted by Gasteiger charge is -2.11. The fourth-order valence-electron chi connectivity index (χ4n) is 2.12. The van der Waals surface area contributed by atoms with Crippen LogP contribution < -0.4 is 10.6 Å². The molecule has 128 valence electrons. The monoisotopic (exact) mass is 329 g/mol. The van der Waals surface area contributed by atoms with E-state index in [4.69, 9.17) is 0 Å². The normalized spacial score (nSPS) is 9.54. The van der Waals surface area contributed by atoms with Crippen LogP contribution in [0.15, 0.2) is 43.1 Å². The second-order valence-electron chi connectivity index (χ2n) is 4.91. The van der Waals surface area contributed by atoms with E-state index in [9.17, 15) is 9.18 Å². The highest BCUT2D eigenvalue weighted by Crippen LogP contribution is 2.28. The van der Waals surface area contributed by atoms with Gasteiger partial charge in [0.2, 0.25) is 0 Å². The Bertz CT molecular complexity index is 714. The van der Waals surface area contributed by atoms with Crippen LogP contribution in [0.5, 0.6) is 0 Å². The molecule has 0 atom stereocenters. The number of alkyl halides is 1. The second kappa shape index (κ2) is 9.45. The number of pyridine rings is 1. The van der Waals surface area contributed by atoms with Crippen LogP contribution in [0.25, 0.3) is 16.7 Å². The first-order valence-electron chi connectivity index (χ1n) is 7.85. The summed E-state index contributed by atoms with van der Waals surface area (Å²) in [4.78, 5) is 15.5. The lowest BCUT2D eigenvalue weighted by molar-refractivity contribution is -0.117. The molecule has 0 spiro atoms. The summed E-state index contributed by atoms with van der Waals surface area (Å²) in [5.74, 6) is 0.0987. The molecular formula is C19H24FN3O. The van der Waals surface area contributed by atoms with E-state index in [0.29, 0.717) is 5.69 Å². The Labute approximate surface area is 142 Å². The Morgan fingerprint density at radius 3 is 2.54 bits per heavy atom. The largest absolute Gasteiger partial charge is 0.373 e. The maximum absolute atomic E-state index is 12.3. The first kappa shape index (κ1) is 19.4. The highest BCUT2D eigenvalue weighted by molar-refractivity contribution is 5.92. The molecule has 2 aromatic rings. The maximum Gasteiger partial charge on any atom is 0.255 e. The number of hydrogen-bond donors (Lipinski definition) is 2. The van der Waals surface area contributed by atoms with Crippen molar-refractivity contribution in [2.75, 3.05) is 24.4 Å². The molecule has 4 nitrogen and oxygen atoms in total. The summed E-state index contributed by atoms with van der Waals surface area (Å²) >= 11 is 0. The molecule has 0 radical (unpaired) electrons. The van der Waals surface area contributed by atoms with E-state index in [1.807, 2.05) is 40.0 Å². The molecule has 1 heterocycles. The summed E-state index contributed by atoms with van der Waals surface area (Å²) in [7, 11) is 1.81. The van der Waals surface area contributed by atoms with E-state index in [2.05, 4.69) is 22.2 Å². The van der Waals surface area contributed by atoms with Crippen molar-refractivity contribution in [3.05, 3.63) is 48.7 Å². The van der Waals surface area contributed by atoms with Crippen molar-refractivity contribution in [2.24, 2.45) is 0 Å². The Balaban J connectivity index is 0.00000139. The second-order valence-corrected chi connectivity index (χ2v) is 4.91. The molecule has 0 aliphatic carbocycles. The van der Waals surface area contributed by atoms with Crippen molar-refractivity contribution in [1.29, 1.82) is 0 Å². The molecule has 0 bridgehead atoms. The molecule has 0 saturated carbocycles. The van der Waals surface area contributed by atoms with Gasteiger partial charge in [0.1, 0.15) is 5.82 Å². The highest BCUT2D eigenvalue weighted by atomic mass is 19.1. The average Bonchev–Trinajstić information content (AvgIpc) is 2.62. The van der Waals surface area contributed by atoms with Crippen LogP contribution in [-0.2, 0) is 4.79 Å². The summed E-state index contributed by atoms with van der Waals surface area (Å²) < 4.78 is 12.3. The molecular weight excluding hydrogens is 305 g/mol. The van der Waals surface area contributed by atoms with E-state index in [0.717, 1.165) is 28.1 Å². The summed E-state index contributed by atoms with van der Waals surface area (Å²) in [6, 6.07) is 9.19. The molecule has 1 amide bonds. The zero-order chi connectivity index (χ0) is 18.1. The predicted molar refractivity (Wildman–Crippen MR) is 99.9 cm³/mol. The van der Waals surface area contributed by atoms with Crippen molar-refractivity contribution in [2.45, 2.75) is 20.8 Å². The minimum atomic E-state index is -1.04. The van der Waals surface area contributed by atoms with Crippen molar-refractivity contribution in [3.63, 3.8) is 0 Å². The van der Waals surface area contributed by atoms with Crippen LogP contribution >= 0.6 is 0 Å². The SMILES string of the molecule is C=C(C)c1cc(-c2cccc(NC(=O)CF)c2)cnc1NC.CC. The predicted octanol–water partition coefficient (Wildman–Crippen LogP) is 4.76. The topological polar surface area (TPSA) is 54.0 Å². The van der Waals surface area contributed by atoms with Gasteiger partial charge in [-0.05, 0) is 36.3 Å². The molecule has 0 fully saturated rings. The zero-order valence-electron chi connectivity index (χ0n) is 14.6. The minimum Gasteiger partial charge on any atom is -0.373 e. The van der Waals surface area contributed by atoms with Gasteiger partial charge < -0.3 is 10.6 Å². The molecule has 0 unspecified atom stereocenters. The number of nitrogens with one attached hydrogen (secondary N) is 2. The smallest absolute Gasteiger partial charge is 0.255 e. The van der Waals surface area contributed by atoms with Crippen LogP contribution in [0.1, 0.15) is 26.3 Å². The van der Waals surface area contributed by atoms with E-state index in [-0.39, 0.29) is 0 Å². The van der Waals surface area contributed by atoms with E-state index in [1.165, 1.54) is 0 Å². The van der Waals surface area contributed by atoms with Gasteiger partial charge in [-0.15, -0.1) is 0 Å². The quantitative estimate of drug-likeness (QED) is 0.831. The molecule has 2 rings (SSSR count). The number of rotatable bonds is 5. The van der Waals surface area contributed by atoms with Crippen LogP contribution in [0.4, 0.5) is 15.9 Å². The molecule has 1 aromatic heterocycles. The number of amides is 1. The summed E-state index contributed by atoms with van der Waals surface area (Å²) in [5.41, 5.74) is 4.16. The Morgan fingerprint density at radius 1 is 1.25 bits per heavy atom. The van der Waals surface area contributed by atoms with Gasteiger partial charge >= 0.3 is 0 Å². The number of hydrogen-bond acceptors (Lipinski definition) is 3. The first-order chi connectivity index (χ1) is 11.5. The number of carbonyl (C=O) groups is 1. The minimum absolute atomic E-state index is 0.551. The van der Waals surface area contributed by atoms with E-state index < -0.39 is 12.6 Å². The zero-order valence-corrected chi connectivity index (χ0v) is 14.6. The third kappa shape index (κ3) is 4.91. The number of benzene rings is 1. The van der Waals surface area contributed by atoms with Crippen LogP contribution in [0.2, 0.25) is 0 Å². The van der Waals surface area contributed by atoms with Crippen molar-refractivity contribution in [3.8, 4) is 11.1 Å². The lowest BCUT2D eigenvalue weighted by Crippen LogP contribution is -2.12. The van der Waals surface area contributed by atoms with Gasteiger partial charge in [-0.2, -0.15) is 0 Å². The third-order valence-corrected chi connectivity index (χ3v) is 3.19. The van der Waals surface area contributed by atoms with Crippen molar-refractivity contribution in [1.82, 2.24) is 4.98 Å². The van der Waals surface area contributed by atoms with Crippen LogP contribution in [0.3, 0.4) is 0 Å². The molecule has 1 aromatic carbocycles.